The fourth-order valence-corrected chi connectivity index (χ4v) is 3.91. The highest BCUT2D eigenvalue weighted by Crippen LogP contribution is 2.38. The van der Waals surface area contributed by atoms with Gasteiger partial charge in [0, 0.05) is 6.04 Å². The molecular weight excluding hydrogens is 238 g/mol. The molecule has 1 fully saturated rings. The van der Waals surface area contributed by atoms with E-state index < -0.39 is 0 Å². The molecule has 3 unspecified atom stereocenters. The van der Waals surface area contributed by atoms with Crippen LogP contribution in [0, 0.1) is 17.8 Å². The molecule has 0 aliphatic heterocycles. The van der Waals surface area contributed by atoms with Crippen molar-refractivity contribution in [2.24, 2.45) is 17.8 Å². The standard InChI is InChI=1S/C16H33NS/c1-5-6-14-7-8-16(12-17-13(2)3)15(11-14)9-10-18-4/h13-17H,5-12H2,1-4H3. The van der Waals surface area contributed by atoms with Crippen molar-refractivity contribution in [3.05, 3.63) is 0 Å². The zero-order valence-electron chi connectivity index (χ0n) is 12.9. The van der Waals surface area contributed by atoms with Gasteiger partial charge in [0.25, 0.3) is 0 Å². The Labute approximate surface area is 119 Å². The van der Waals surface area contributed by atoms with Crippen molar-refractivity contribution in [3.63, 3.8) is 0 Å². The van der Waals surface area contributed by atoms with E-state index in [1.165, 1.54) is 50.8 Å². The average molecular weight is 272 g/mol. The second kappa shape index (κ2) is 9.25. The summed E-state index contributed by atoms with van der Waals surface area (Å²) in [6.45, 7) is 8.11. The monoisotopic (exact) mass is 271 g/mol. The number of thioether (sulfide) groups is 1. The third-order valence-corrected chi connectivity index (χ3v) is 5.07. The lowest BCUT2D eigenvalue weighted by Gasteiger charge is -2.37. The summed E-state index contributed by atoms with van der Waals surface area (Å²) < 4.78 is 0. The molecule has 0 aromatic carbocycles. The van der Waals surface area contributed by atoms with E-state index in [4.69, 9.17) is 0 Å². The normalized spacial score (nSPS) is 28.8. The van der Waals surface area contributed by atoms with Gasteiger partial charge in [0.05, 0.1) is 0 Å². The first-order valence-electron chi connectivity index (χ1n) is 7.89. The van der Waals surface area contributed by atoms with Crippen LogP contribution in [0.15, 0.2) is 0 Å². The van der Waals surface area contributed by atoms with Gasteiger partial charge in [0.1, 0.15) is 0 Å². The van der Waals surface area contributed by atoms with E-state index in [0.717, 1.165) is 17.8 Å². The van der Waals surface area contributed by atoms with Crippen LogP contribution in [0.3, 0.4) is 0 Å². The number of hydrogen-bond acceptors (Lipinski definition) is 2. The van der Waals surface area contributed by atoms with E-state index in [1.54, 1.807) is 0 Å². The maximum atomic E-state index is 3.66. The first kappa shape index (κ1) is 16.4. The third-order valence-electron chi connectivity index (χ3n) is 4.43. The average Bonchev–Trinajstić information content (AvgIpc) is 2.35. The Bertz CT molecular complexity index is 205. The maximum absolute atomic E-state index is 3.66. The Morgan fingerprint density at radius 1 is 1.17 bits per heavy atom. The second-order valence-corrected chi connectivity index (χ2v) is 7.32. The molecule has 0 saturated heterocycles. The van der Waals surface area contributed by atoms with Crippen molar-refractivity contribution < 1.29 is 0 Å². The Morgan fingerprint density at radius 3 is 2.56 bits per heavy atom. The van der Waals surface area contributed by atoms with Gasteiger partial charge < -0.3 is 5.32 Å². The summed E-state index contributed by atoms with van der Waals surface area (Å²) in [6.07, 6.45) is 10.9. The van der Waals surface area contributed by atoms with Gasteiger partial charge in [-0.2, -0.15) is 11.8 Å². The van der Waals surface area contributed by atoms with Crippen LogP contribution >= 0.6 is 11.8 Å². The maximum Gasteiger partial charge on any atom is 0.00104 e. The second-order valence-electron chi connectivity index (χ2n) is 6.33. The molecule has 1 rings (SSSR count). The fourth-order valence-electron chi connectivity index (χ4n) is 3.37. The number of rotatable bonds is 8. The van der Waals surface area contributed by atoms with Crippen molar-refractivity contribution in [2.75, 3.05) is 18.6 Å². The molecule has 0 heterocycles. The number of nitrogens with one attached hydrogen (secondary N) is 1. The zero-order valence-corrected chi connectivity index (χ0v) is 13.7. The molecule has 0 bridgehead atoms. The van der Waals surface area contributed by atoms with Crippen LogP contribution in [0.4, 0.5) is 0 Å². The summed E-state index contributed by atoms with van der Waals surface area (Å²) in [6, 6.07) is 0.638. The molecular formula is C16H33NS. The molecule has 108 valence electrons. The molecule has 3 atom stereocenters. The van der Waals surface area contributed by atoms with E-state index in [1.807, 2.05) is 11.8 Å². The molecule has 0 amide bonds. The minimum Gasteiger partial charge on any atom is -0.314 e. The van der Waals surface area contributed by atoms with E-state index in [2.05, 4.69) is 32.3 Å². The first-order valence-corrected chi connectivity index (χ1v) is 9.29. The van der Waals surface area contributed by atoms with Gasteiger partial charge >= 0.3 is 0 Å². The molecule has 0 aromatic heterocycles. The van der Waals surface area contributed by atoms with Crippen molar-refractivity contribution in [1.29, 1.82) is 0 Å². The molecule has 18 heavy (non-hydrogen) atoms. The van der Waals surface area contributed by atoms with Crippen LogP contribution in [-0.2, 0) is 0 Å². The van der Waals surface area contributed by atoms with E-state index in [0.29, 0.717) is 6.04 Å². The molecule has 0 spiro atoms. The topological polar surface area (TPSA) is 12.0 Å². The Morgan fingerprint density at radius 2 is 1.94 bits per heavy atom. The predicted octanol–water partition coefficient (Wildman–Crippen LogP) is 4.57. The van der Waals surface area contributed by atoms with Gasteiger partial charge in [-0.05, 0) is 55.6 Å². The molecule has 1 saturated carbocycles. The van der Waals surface area contributed by atoms with Crippen molar-refractivity contribution in [3.8, 4) is 0 Å². The SMILES string of the molecule is CCCC1CCC(CNC(C)C)C(CCSC)C1. The lowest BCUT2D eigenvalue weighted by atomic mass is 9.71. The van der Waals surface area contributed by atoms with Gasteiger partial charge in [-0.15, -0.1) is 0 Å². The van der Waals surface area contributed by atoms with Crippen LogP contribution in [-0.4, -0.2) is 24.6 Å². The van der Waals surface area contributed by atoms with E-state index in [-0.39, 0.29) is 0 Å². The van der Waals surface area contributed by atoms with Crippen LogP contribution in [0.5, 0.6) is 0 Å². The summed E-state index contributed by atoms with van der Waals surface area (Å²) in [4.78, 5) is 0. The van der Waals surface area contributed by atoms with Crippen molar-refractivity contribution in [2.45, 2.75) is 65.3 Å². The molecule has 1 aliphatic carbocycles. The van der Waals surface area contributed by atoms with Crippen LogP contribution in [0.25, 0.3) is 0 Å². The summed E-state index contributed by atoms with van der Waals surface area (Å²) in [5.41, 5.74) is 0. The zero-order chi connectivity index (χ0) is 13.4. The first-order chi connectivity index (χ1) is 8.67. The van der Waals surface area contributed by atoms with Crippen LogP contribution in [0.1, 0.15) is 59.3 Å². The quantitative estimate of drug-likeness (QED) is 0.694. The lowest BCUT2D eigenvalue weighted by molar-refractivity contribution is 0.163. The van der Waals surface area contributed by atoms with Crippen molar-refractivity contribution >= 4 is 11.8 Å². The summed E-state index contributed by atoms with van der Waals surface area (Å²) in [7, 11) is 0. The van der Waals surface area contributed by atoms with Gasteiger partial charge in [-0.3, -0.25) is 0 Å². The van der Waals surface area contributed by atoms with E-state index >= 15 is 0 Å². The lowest BCUT2D eigenvalue weighted by Crippen LogP contribution is -2.36. The number of hydrogen-bond donors (Lipinski definition) is 1. The molecule has 1 N–H and O–H groups in total. The van der Waals surface area contributed by atoms with Crippen LogP contribution in [0.2, 0.25) is 0 Å². The van der Waals surface area contributed by atoms with Gasteiger partial charge in [-0.1, -0.05) is 40.0 Å². The summed E-state index contributed by atoms with van der Waals surface area (Å²) in [5.74, 6) is 4.29. The minimum atomic E-state index is 0.638. The van der Waals surface area contributed by atoms with E-state index in [9.17, 15) is 0 Å². The highest BCUT2D eigenvalue weighted by Gasteiger charge is 2.29. The summed E-state index contributed by atoms with van der Waals surface area (Å²) >= 11 is 2.02. The molecule has 1 nitrogen and oxygen atoms in total. The molecule has 0 radical (unpaired) electrons. The Balaban J connectivity index is 2.42. The Kier molecular flexibility index (Phi) is 8.41. The van der Waals surface area contributed by atoms with Crippen molar-refractivity contribution in [1.82, 2.24) is 5.32 Å². The fraction of sp³-hybridized carbons (Fsp3) is 1.00. The van der Waals surface area contributed by atoms with Gasteiger partial charge in [0.2, 0.25) is 0 Å². The minimum absolute atomic E-state index is 0.638. The largest absolute Gasteiger partial charge is 0.314 e. The third kappa shape index (κ3) is 5.97. The molecule has 0 aromatic rings. The van der Waals surface area contributed by atoms with Crippen LogP contribution < -0.4 is 5.32 Å². The van der Waals surface area contributed by atoms with Gasteiger partial charge in [0.15, 0.2) is 0 Å². The highest BCUT2D eigenvalue weighted by molar-refractivity contribution is 7.98. The highest BCUT2D eigenvalue weighted by atomic mass is 32.2. The molecule has 2 heteroatoms. The predicted molar refractivity (Wildman–Crippen MR) is 85.4 cm³/mol. The van der Waals surface area contributed by atoms with Gasteiger partial charge in [-0.25, -0.2) is 0 Å². The molecule has 1 aliphatic rings. The summed E-state index contributed by atoms with van der Waals surface area (Å²) in [5, 5.41) is 3.66. The Hall–Kier alpha value is 0.310. The smallest absolute Gasteiger partial charge is 0.00104 e.